The molecule has 133 heavy (non-hydrogen) atoms. The number of anilines is 4. The van der Waals surface area contributed by atoms with Crippen LogP contribution in [0.1, 0.15) is 321 Å². The summed E-state index contributed by atoms with van der Waals surface area (Å²) in [6.45, 7) is 57.4. The lowest BCUT2D eigenvalue weighted by Gasteiger charge is -2.37. The van der Waals surface area contributed by atoms with Crippen LogP contribution in [-0.4, -0.2) is 249 Å². The zero-order valence-corrected chi connectivity index (χ0v) is 86.2. The van der Waals surface area contributed by atoms with Crippen molar-refractivity contribution in [1.82, 2.24) is 80.7 Å². The molecule has 0 aromatic carbocycles. The quantitative estimate of drug-likeness (QED) is 0.0253. The number of hydrogen-bond donors (Lipinski definition) is 12. The van der Waals surface area contributed by atoms with Crippen molar-refractivity contribution in [2.75, 3.05) is 67.2 Å². The molecule has 726 valence electrons. The van der Waals surface area contributed by atoms with Gasteiger partial charge in [-0.05, 0) is 284 Å². The van der Waals surface area contributed by atoms with Crippen molar-refractivity contribution in [2.24, 2.45) is 5.92 Å². The maximum Gasteiger partial charge on any atom is 0.280 e. The van der Waals surface area contributed by atoms with Crippen LogP contribution >= 0.6 is 45.3 Å². The van der Waals surface area contributed by atoms with Gasteiger partial charge in [0.25, 0.3) is 47.3 Å². The van der Waals surface area contributed by atoms with Crippen LogP contribution in [0.4, 0.5) is 23.3 Å². The monoisotopic (exact) mass is 1910 g/mol. The largest absolute Gasteiger partial charge is 0.394 e. The predicted octanol–water partition coefficient (Wildman–Crippen LogP) is 15.6. The highest BCUT2D eigenvalue weighted by molar-refractivity contribution is 7.18. The molecular weight excluding hydrogens is 1770 g/mol. The average Bonchev–Trinajstić information content (AvgIpc) is 1.64. The lowest BCUT2D eigenvalue weighted by atomic mass is 9.86. The molecule has 4 fully saturated rings. The number of carbonyl (C=O) groups excluding carboxylic acids is 8. The Morgan fingerprint density at radius 3 is 0.895 bits per heavy atom. The topological polar surface area (TPSA) is 430 Å². The SMILES string of the molecule is Cc1cc(NC(C)(C)C)ncc1-c1sc(C(=O)NC(C)(C)C(C)(C)O)nc1C(=O)N1CCC[C@@H]1C.Cc1cc(NC(C)(C)C)ncc1-c1sc(C(=O)NC[C@@H](O)CO)nc1C(=O)N1CCC[C@@H]1C.Cc1cc(NC(C)(C)C)ncc1-c1sc(C(=O)N[C@H](C)C(C)C)nc1C(=O)N1CCC[C@@H]1C.Cc1cc(NC(C)(C)C)ncc1-c1sc(C(=O)N[C@H](C)CO)nc1C(=O)N1CCC[C@@H]1C. The Labute approximate surface area is 800 Å². The van der Waals surface area contributed by atoms with Crippen molar-refractivity contribution in [3.8, 4) is 41.8 Å². The third-order valence-corrected chi connectivity index (χ3v) is 27.8. The zero-order valence-electron chi connectivity index (χ0n) is 82.9. The lowest BCUT2D eigenvalue weighted by molar-refractivity contribution is -0.00294. The molecule has 7 atom stereocenters. The molecule has 36 heteroatoms. The van der Waals surface area contributed by atoms with E-state index in [1.54, 1.807) is 64.3 Å². The number of pyridine rings is 4. The van der Waals surface area contributed by atoms with Crippen LogP contribution in [0.2, 0.25) is 0 Å². The Hall–Kier alpha value is -10.1. The van der Waals surface area contributed by atoms with Crippen molar-refractivity contribution in [1.29, 1.82) is 0 Å². The first-order valence-electron chi connectivity index (χ1n) is 46.0. The Kier molecular flexibility index (Phi) is 35.4. The smallest absolute Gasteiger partial charge is 0.280 e. The highest BCUT2D eigenvalue weighted by Crippen LogP contribution is 2.42. The highest BCUT2D eigenvalue weighted by Gasteiger charge is 2.41. The van der Waals surface area contributed by atoms with Crippen LogP contribution < -0.4 is 42.5 Å². The minimum atomic E-state index is -1.15. The molecule has 4 aliphatic rings. The molecule has 12 N–H and O–H groups in total. The third-order valence-electron chi connectivity index (χ3n) is 23.5. The maximum absolute atomic E-state index is 13.6. The number of aromatic nitrogens is 8. The van der Waals surface area contributed by atoms with Gasteiger partial charge in [0.1, 0.15) is 46.0 Å². The molecule has 0 spiro atoms. The normalized spacial score (nSPS) is 17.2. The first-order chi connectivity index (χ1) is 61.9. The van der Waals surface area contributed by atoms with Crippen LogP contribution in [0.3, 0.4) is 0 Å². The third kappa shape index (κ3) is 28.3. The van der Waals surface area contributed by atoms with Crippen molar-refractivity contribution < 1.29 is 58.8 Å². The van der Waals surface area contributed by atoms with Crippen molar-refractivity contribution in [3.05, 3.63) is 114 Å². The Morgan fingerprint density at radius 2 is 0.669 bits per heavy atom. The molecule has 0 radical (unpaired) electrons. The van der Waals surface area contributed by atoms with E-state index in [0.717, 1.165) is 130 Å². The Bertz CT molecular complexity index is 5470. The second kappa shape index (κ2) is 44.2. The van der Waals surface area contributed by atoms with E-state index in [9.17, 15) is 53.7 Å². The van der Waals surface area contributed by atoms with Gasteiger partial charge in [-0.1, -0.05) is 13.8 Å². The van der Waals surface area contributed by atoms with Crippen molar-refractivity contribution >= 4 is 116 Å². The summed E-state index contributed by atoms with van der Waals surface area (Å²) in [4.78, 5) is 151. The van der Waals surface area contributed by atoms with Gasteiger partial charge in [0.2, 0.25) is 0 Å². The van der Waals surface area contributed by atoms with E-state index in [0.29, 0.717) is 62.3 Å². The van der Waals surface area contributed by atoms with Gasteiger partial charge in [0.15, 0.2) is 20.0 Å². The molecule has 12 heterocycles. The van der Waals surface area contributed by atoms with E-state index in [1.807, 2.05) is 115 Å². The fourth-order valence-electron chi connectivity index (χ4n) is 15.1. The predicted molar refractivity (Wildman–Crippen MR) is 532 cm³/mol. The number of hydrogen-bond acceptors (Lipinski definition) is 28. The molecule has 8 amide bonds. The van der Waals surface area contributed by atoms with Crippen LogP contribution in [-0.2, 0) is 0 Å². The molecule has 4 saturated heterocycles. The summed E-state index contributed by atoms with van der Waals surface area (Å²) in [5.41, 5.74) is 5.45. The first kappa shape index (κ1) is 107. The van der Waals surface area contributed by atoms with Crippen LogP contribution in [0, 0.1) is 33.6 Å². The Balaban J connectivity index is 0.000000199. The summed E-state index contributed by atoms with van der Waals surface area (Å²) >= 11 is 4.75. The molecule has 0 saturated carbocycles. The second-order valence-electron chi connectivity index (χ2n) is 41.0. The van der Waals surface area contributed by atoms with Crippen LogP contribution in [0.15, 0.2) is 49.1 Å². The summed E-state index contributed by atoms with van der Waals surface area (Å²) < 4.78 is 0. The molecule has 0 aliphatic carbocycles. The summed E-state index contributed by atoms with van der Waals surface area (Å²) in [5.74, 6) is 1.09. The second-order valence-corrected chi connectivity index (χ2v) is 45.0. The van der Waals surface area contributed by atoms with Crippen molar-refractivity contribution in [3.63, 3.8) is 0 Å². The average molecular weight is 1910 g/mol. The number of rotatable bonds is 25. The Morgan fingerprint density at radius 1 is 0.406 bits per heavy atom. The molecule has 32 nitrogen and oxygen atoms in total. The van der Waals surface area contributed by atoms with Gasteiger partial charge in [-0.25, -0.2) is 39.9 Å². The maximum atomic E-state index is 13.6. The number of nitrogens with one attached hydrogen (secondary N) is 8. The zero-order chi connectivity index (χ0) is 98.8. The van der Waals surface area contributed by atoms with Crippen LogP contribution in [0.25, 0.3) is 41.8 Å². The lowest BCUT2D eigenvalue weighted by Crippen LogP contribution is -2.57. The molecule has 4 aliphatic heterocycles. The highest BCUT2D eigenvalue weighted by atomic mass is 32.1. The van der Waals surface area contributed by atoms with E-state index >= 15 is 0 Å². The van der Waals surface area contributed by atoms with Gasteiger partial charge in [-0.2, -0.15) is 0 Å². The van der Waals surface area contributed by atoms with E-state index < -0.39 is 47.6 Å². The summed E-state index contributed by atoms with van der Waals surface area (Å²) in [6, 6.07) is 7.95. The molecule has 0 unspecified atom stereocenters. The summed E-state index contributed by atoms with van der Waals surface area (Å²) in [7, 11) is 0. The number of aryl methyl sites for hydroxylation is 4. The van der Waals surface area contributed by atoms with Gasteiger partial charge in [0.05, 0.1) is 50.0 Å². The number of amides is 8. The minimum absolute atomic E-state index is 0.00812. The molecule has 0 bridgehead atoms. The minimum Gasteiger partial charge on any atom is -0.394 e. The summed E-state index contributed by atoms with van der Waals surface area (Å²) in [6.07, 6.45) is 13.6. The fraction of sp³-hybridized carbons (Fsp3) is 0.588. The van der Waals surface area contributed by atoms with Gasteiger partial charge in [-0.15, -0.1) is 45.3 Å². The van der Waals surface area contributed by atoms with E-state index in [-0.39, 0.29) is 127 Å². The van der Waals surface area contributed by atoms with Gasteiger partial charge in [-0.3, -0.25) is 38.4 Å². The number of nitrogens with zero attached hydrogens (tertiary/aromatic N) is 12. The fourth-order valence-corrected chi connectivity index (χ4v) is 19.2. The van der Waals surface area contributed by atoms with E-state index in [4.69, 9.17) is 5.11 Å². The number of thiazole rings is 4. The molecule has 12 rings (SSSR count). The number of likely N-dealkylation sites (tertiary alicyclic amines) is 4. The molecule has 8 aromatic rings. The number of aliphatic hydroxyl groups is 4. The number of carbonyl (C=O) groups is 8. The van der Waals surface area contributed by atoms with Crippen LogP contribution in [0.5, 0.6) is 0 Å². The van der Waals surface area contributed by atoms with Gasteiger partial charge < -0.3 is 82.6 Å². The molecule has 8 aromatic heterocycles. The molecular formula is C97H142N20O12S4. The standard InChI is InChI=1S/C26H39N5O3S.C25H37N5O2S.C23H33N5O4S.C23H33N5O3S/c1-15-13-18(29-24(3,4)5)27-14-17(15)20-19(23(33)31-12-10-11-16(31)2)28-22(35-20)21(32)30-25(6,7)26(8,9)34;1-14(2)17(5)27-22(31)23-28-20(24(32)30-11-9-10-16(30)4)21(33-23)18-13-26-19(12-15(18)3)29-25(6,7)8;1-13-9-17(27-23(3,4)5)24-11-16(13)19-18(22(32)28-8-6-7-14(28)2)26-21(33-19)20(31)25-10-15(30)12-29;1-13-10-17(27-23(4,5)6)24-11-16(13)19-18(22(31)28-9-7-8-15(28)3)26-21(32-19)20(30)25-14(2)12-29/h13-14,16,34H,10-12H2,1-9H3,(H,27,29)(H,30,32);12-14,16-17H,9-11H2,1-8H3,(H,26,29)(H,27,31);9,11,14-15,29-30H,6-8,10,12H2,1-5H3,(H,24,27)(H,25,31);10-11,14-15,29H,7-9,12H2,1-6H3,(H,24,27)(H,25,30)/t16-;16-,17+;2*14-,15+/m0001/s1. The van der Waals surface area contributed by atoms with Crippen molar-refractivity contribution in [2.45, 2.75) is 321 Å². The van der Waals surface area contributed by atoms with E-state index in [2.05, 4.69) is 165 Å². The van der Waals surface area contributed by atoms with Gasteiger partial charge in [0, 0.05) is 138 Å². The summed E-state index contributed by atoms with van der Waals surface area (Å²) in [5, 5.41) is 63.7. The van der Waals surface area contributed by atoms with Gasteiger partial charge >= 0.3 is 0 Å². The van der Waals surface area contributed by atoms with E-state index in [1.165, 1.54) is 34.0 Å². The first-order valence-corrected chi connectivity index (χ1v) is 49.3. The number of aliphatic hydroxyl groups excluding tert-OH is 3.